The smallest absolute Gasteiger partial charge is 0.266 e. The van der Waals surface area contributed by atoms with Gasteiger partial charge in [-0.3, -0.25) is 4.79 Å². The van der Waals surface area contributed by atoms with Crippen molar-refractivity contribution in [1.82, 2.24) is 19.5 Å². The van der Waals surface area contributed by atoms with E-state index in [1.807, 2.05) is 24.4 Å². The van der Waals surface area contributed by atoms with E-state index in [1.165, 1.54) is 46.4 Å². The molecule has 7 nitrogen and oxygen atoms in total. The number of aromatic nitrogens is 3. The molecule has 0 fully saturated rings. The minimum absolute atomic E-state index is 0.0173. The van der Waals surface area contributed by atoms with Crippen LogP contribution in [-0.2, 0) is 16.6 Å². The molecule has 0 bridgehead atoms. The van der Waals surface area contributed by atoms with Crippen molar-refractivity contribution in [2.24, 2.45) is 0 Å². The summed E-state index contributed by atoms with van der Waals surface area (Å²) in [5, 5.41) is 7.77. The van der Waals surface area contributed by atoms with Crippen molar-refractivity contribution in [2.45, 2.75) is 18.4 Å². The van der Waals surface area contributed by atoms with Crippen LogP contribution in [0.3, 0.4) is 0 Å². The normalized spacial score (nSPS) is 11.7. The molecule has 3 heterocycles. The van der Waals surface area contributed by atoms with E-state index in [-0.39, 0.29) is 23.5 Å². The van der Waals surface area contributed by atoms with Crippen LogP contribution in [0.15, 0.2) is 63.6 Å². The largest absolute Gasteiger partial charge is 0.268 e. The van der Waals surface area contributed by atoms with E-state index in [4.69, 9.17) is 11.6 Å². The number of aryl methyl sites for hydroxylation is 1. The third-order valence-electron chi connectivity index (χ3n) is 4.37. The molecule has 0 saturated heterocycles. The fourth-order valence-electron chi connectivity index (χ4n) is 2.85. The van der Waals surface area contributed by atoms with Gasteiger partial charge in [0.1, 0.15) is 10.7 Å². The highest BCUT2D eigenvalue weighted by Crippen LogP contribution is 2.35. The summed E-state index contributed by atoms with van der Waals surface area (Å²) < 4.78 is 28.5. The molecular formula is C20H17ClN4O3S3. The average Bonchev–Trinajstić information content (AvgIpc) is 3.39. The van der Waals surface area contributed by atoms with Crippen LogP contribution in [0.1, 0.15) is 5.69 Å². The zero-order valence-corrected chi connectivity index (χ0v) is 19.5. The molecule has 0 unspecified atom stereocenters. The van der Waals surface area contributed by atoms with E-state index in [1.54, 1.807) is 17.4 Å². The lowest BCUT2D eigenvalue weighted by Gasteiger charge is -2.09. The number of thiophene rings is 1. The fourth-order valence-corrected chi connectivity index (χ4v) is 5.83. The molecule has 3 aromatic heterocycles. The first-order chi connectivity index (χ1) is 14.8. The minimum atomic E-state index is -3.71. The summed E-state index contributed by atoms with van der Waals surface area (Å²) in [6, 6.07) is 12.9. The quantitative estimate of drug-likeness (QED) is 0.420. The summed E-state index contributed by atoms with van der Waals surface area (Å²) in [7, 11) is -3.71. The lowest BCUT2D eigenvalue weighted by atomic mass is 10.3. The maximum absolute atomic E-state index is 12.4. The standard InChI is InChI=1S/C20H17ClN4O3S3/c1-13-19(30-20(23-13)17-3-2-12-29-17)16-8-9-18(26)25(24-16)11-10-22-31(27,28)15-6-4-14(21)5-7-15/h2-9,12,22H,10-11H2,1H3. The van der Waals surface area contributed by atoms with Crippen LogP contribution < -0.4 is 10.3 Å². The Kier molecular flexibility index (Phi) is 6.35. The third kappa shape index (κ3) is 4.94. The summed E-state index contributed by atoms with van der Waals surface area (Å²) in [5.74, 6) is 0. The van der Waals surface area contributed by atoms with E-state index in [2.05, 4.69) is 14.8 Å². The zero-order chi connectivity index (χ0) is 22.0. The molecule has 0 amide bonds. The van der Waals surface area contributed by atoms with Crippen LogP contribution in [0, 0.1) is 6.92 Å². The number of benzene rings is 1. The van der Waals surface area contributed by atoms with Gasteiger partial charge in [0.05, 0.1) is 26.9 Å². The van der Waals surface area contributed by atoms with Gasteiger partial charge in [0.2, 0.25) is 10.0 Å². The monoisotopic (exact) mass is 492 g/mol. The van der Waals surface area contributed by atoms with Crippen LogP contribution in [0.4, 0.5) is 0 Å². The molecule has 0 aliphatic rings. The maximum atomic E-state index is 12.4. The van der Waals surface area contributed by atoms with E-state index < -0.39 is 10.0 Å². The molecule has 0 aliphatic heterocycles. The van der Waals surface area contributed by atoms with Crippen LogP contribution in [0.25, 0.3) is 20.5 Å². The molecule has 0 aliphatic carbocycles. The van der Waals surface area contributed by atoms with Gasteiger partial charge in [-0.15, -0.1) is 22.7 Å². The van der Waals surface area contributed by atoms with Gasteiger partial charge < -0.3 is 0 Å². The summed E-state index contributed by atoms with van der Waals surface area (Å²) in [5.41, 5.74) is 1.14. The highest BCUT2D eigenvalue weighted by Gasteiger charge is 2.16. The molecule has 0 radical (unpaired) electrons. The van der Waals surface area contributed by atoms with E-state index in [0.29, 0.717) is 10.7 Å². The van der Waals surface area contributed by atoms with Crippen LogP contribution in [-0.4, -0.2) is 29.7 Å². The lowest BCUT2D eigenvalue weighted by Crippen LogP contribution is -2.32. The van der Waals surface area contributed by atoms with Gasteiger partial charge in [0.15, 0.2) is 0 Å². The number of hydrogen-bond donors (Lipinski definition) is 1. The first-order valence-electron chi connectivity index (χ1n) is 9.18. The van der Waals surface area contributed by atoms with Gasteiger partial charge >= 0.3 is 0 Å². The summed E-state index contributed by atoms with van der Waals surface area (Å²) >= 11 is 8.93. The van der Waals surface area contributed by atoms with Gasteiger partial charge in [-0.05, 0) is 48.7 Å². The van der Waals surface area contributed by atoms with Gasteiger partial charge in [0.25, 0.3) is 5.56 Å². The molecule has 0 saturated carbocycles. The lowest BCUT2D eigenvalue weighted by molar-refractivity contribution is 0.549. The van der Waals surface area contributed by atoms with Crippen molar-refractivity contribution in [1.29, 1.82) is 0 Å². The number of rotatable bonds is 7. The Hall–Kier alpha value is -2.37. The number of hydrogen-bond acceptors (Lipinski definition) is 7. The van der Waals surface area contributed by atoms with Gasteiger partial charge in [-0.1, -0.05) is 17.7 Å². The van der Waals surface area contributed by atoms with Gasteiger partial charge in [-0.2, -0.15) is 5.10 Å². The predicted molar refractivity (Wildman–Crippen MR) is 124 cm³/mol. The van der Waals surface area contributed by atoms with Crippen molar-refractivity contribution in [3.63, 3.8) is 0 Å². The molecule has 4 aromatic rings. The Morgan fingerprint density at radius 3 is 2.61 bits per heavy atom. The second kappa shape index (κ2) is 9.01. The molecule has 0 spiro atoms. The molecule has 0 atom stereocenters. The maximum Gasteiger partial charge on any atom is 0.266 e. The fraction of sp³-hybridized carbons (Fsp3) is 0.150. The van der Waals surface area contributed by atoms with Crippen molar-refractivity contribution in [2.75, 3.05) is 6.54 Å². The number of nitrogens with zero attached hydrogens (tertiary/aromatic N) is 3. The number of thiazole rings is 1. The Morgan fingerprint density at radius 1 is 1.13 bits per heavy atom. The Bertz CT molecular complexity index is 1360. The highest BCUT2D eigenvalue weighted by atomic mass is 35.5. The van der Waals surface area contributed by atoms with E-state index >= 15 is 0 Å². The molecule has 160 valence electrons. The number of halogens is 1. The topological polar surface area (TPSA) is 94.0 Å². The number of sulfonamides is 1. The molecule has 1 aromatic carbocycles. The molecule has 1 N–H and O–H groups in total. The van der Waals surface area contributed by atoms with Crippen molar-refractivity contribution in [3.8, 4) is 20.5 Å². The van der Waals surface area contributed by atoms with E-state index in [0.717, 1.165) is 20.5 Å². The summed E-state index contributed by atoms with van der Waals surface area (Å²) in [6.45, 7) is 2.01. The third-order valence-corrected chi connectivity index (χ3v) is 8.32. The number of nitrogens with one attached hydrogen (secondary N) is 1. The van der Waals surface area contributed by atoms with Crippen molar-refractivity contribution >= 4 is 44.3 Å². The molecule has 31 heavy (non-hydrogen) atoms. The van der Waals surface area contributed by atoms with Gasteiger partial charge in [-0.25, -0.2) is 22.8 Å². The van der Waals surface area contributed by atoms with Crippen LogP contribution >= 0.6 is 34.3 Å². The first kappa shape index (κ1) is 21.8. The Balaban J connectivity index is 1.51. The van der Waals surface area contributed by atoms with Gasteiger partial charge in [0, 0.05) is 17.6 Å². The SMILES string of the molecule is Cc1nc(-c2cccs2)sc1-c1ccc(=O)n(CCNS(=O)(=O)c2ccc(Cl)cc2)n1. The minimum Gasteiger partial charge on any atom is -0.268 e. The molecule has 11 heteroatoms. The van der Waals surface area contributed by atoms with Crippen LogP contribution in [0.5, 0.6) is 0 Å². The molecule has 4 rings (SSSR count). The summed E-state index contributed by atoms with van der Waals surface area (Å²) in [6.07, 6.45) is 0. The molecular weight excluding hydrogens is 476 g/mol. The van der Waals surface area contributed by atoms with Crippen molar-refractivity contribution < 1.29 is 8.42 Å². The second-order valence-electron chi connectivity index (χ2n) is 6.54. The average molecular weight is 493 g/mol. The second-order valence-corrected chi connectivity index (χ2v) is 10.7. The predicted octanol–water partition coefficient (Wildman–Crippen LogP) is 4.04. The van der Waals surface area contributed by atoms with Crippen LogP contribution in [0.2, 0.25) is 5.02 Å². The Labute approximate surface area is 192 Å². The summed E-state index contributed by atoms with van der Waals surface area (Å²) in [4.78, 5) is 18.9. The first-order valence-corrected chi connectivity index (χ1v) is 12.7. The van der Waals surface area contributed by atoms with E-state index in [9.17, 15) is 13.2 Å². The zero-order valence-electron chi connectivity index (χ0n) is 16.3. The Morgan fingerprint density at radius 2 is 1.90 bits per heavy atom. The van der Waals surface area contributed by atoms with Crippen molar-refractivity contribution in [3.05, 3.63) is 75.0 Å². The highest BCUT2D eigenvalue weighted by molar-refractivity contribution is 7.89.